The van der Waals surface area contributed by atoms with Crippen LogP contribution in [0.1, 0.15) is 46.9 Å². The van der Waals surface area contributed by atoms with E-state index in [1.54, 1.807) is 0 Å². The Morgan fingerprint density at radius 1 is 0.811 bits per heavy atom. The van der Waals surface area contributed by atoms with Crippen LogP contribution in [0.3, 0.4) is 0 Å². The third-order valence-electron chi connectivity index (χ3n) is 7.88. The molecule has 0 radical (unpaired) electrons. The second-order valence-electron chi connectivity index (χ2n) is 9.98. The molecule has 37 heavy (non-hydrogen) atoms. The Morgan fingerprint density at radius 2 is 1.43 bits per heavy atom. The molecule has 6 rings (SSSR count). The molecule has 4 aromatic rings. The summed E-state index contributed by atoms with van der Waals surface area (Å²) in [6.07, 6.45) is 4.71. The summed E-state index contributed by atoms with van der Waals surface area (Å²) in [5.41, 5.74) is 6.48. The molecule has 186 valence electrons. The summed E-state index contributed by atoms with van der Waals surface area (Å²) in [6.45, 7) is 0. The van der Waals surface area contributed by atoms with Gasteiger partial charge in [0, 0.05) is 22.8 Å². The summed E-state index contributed by atoms with van der Waals surface area (Å²) >= 11 is 1.40. The van der Waals surface area contributed by atoms with E-state index in [0.717, 1.165) is 35.2 Å². The van der Waals surface area contributed by atoms with Crippen molar-refractivity contribution in [2.24, 2.45) is 11.8 Å². The van der Waals surface area contributed by atoms with Gasteiger partial charge in [-0.15, -0.1) is 11.3 Å². The van der Waals surface area contributed by atoms with Crippen LogP contribution in [0.2, 0.25) is 0 Å². The highest BCUT2D eigenvalue weighted by atomic mass is 32.1. The quantitative estimate of drug-likeness (QED) is 0.311. The lowest BCUT2D eigenvalue weighted by molar-refractivity contribution is -0.152. The molecule has 6 heteroatoms. The number of rotatable bonds is 6. The fraction of sp³-hybridized carbons (Fsp3) is 0.258. The number of carbonyl (C=O) groups is 2. The van der Waals surface area contributed by atoms with Crippen LogP contribution < -0.4 is 5.32 Å². The number of nitrogens with one attached hydrogen (secondary N) is 1. The summed E-state index contributed by atoms with van der Waals surface area (Å²) in [6, 6.07) is 25.6. The fourth-order valence-corrected chi connectivity index (χ4v) is 6.83. The van der Waals surface area contributed by atoms with Crippen LogP contribution in [0.5, 0.6) is 0 Å². The lowest BCUT2D eigenvalue weighted by Crippen LogP contribution is -2.52. The number of hydrogen-bond acceptors (Lipinski definition) is 4. The van der Waals surface area contributed by atoms with Crippen LogP contribution in [-0.2, 0) is 22.4 Å². The zero-order valence-electron chi connectivity index (χ0n) is 20.3. The molecule has 2 atom stereocenters. The molecule has 1 fully saturated rings. The largest absolute Gasteiger partial charge is 0.481 e. The number of anilines is 1. The highest BCUT2D eigenvalue weighted by Gasteiger charge is 2.58. The van der Waals surface area contributed by atoms with E-state index in [2.05, 4.69) is 23.5 Å². The molecule has 1 saturated carbocycles. The van der Waals surface area contributed by atoms with Gasteiger partial charge >= 0.3 is 5.97 Å². The summed E-state index contributed by atoms with van der Waals surface area (Å²) < 4.78 is 0. The number of amides is 1. The molecule has 2 aliphatic rings. The van der Waals surface area contributed by atoms with Crippen LogP contribution in [0.15, 0.2) is 84.2 Å². The van der Waals surface area contributed by atoms with E-state index in [9.17, 15) is 14.7 Å². The summed E-state index contributed by atoms with van der Waals surface area (Å²) in [7, 11) is 0. The van der Waals surface area contributed by atoms with Crippen molar-refractivity contribution in [3.05, 3.63) is 106 Å². The minimum atomic E-state index is -0.879. The smallest absolute Gasteiger partial charge is 0.307 e. The van der Waals surface area contributed by atoms with Crippen LogP contribution in [0.4, 0.5) is 5.13 Å². The Morgan fingerprint density at radius 3 is 2.05 bits per heavy atom. The molecule has 0 unspecified atom stereocenters. The van der Waals surface area contributed by atoms with E-state index in [-0.39, 0.29) is 5.91 Å². The van der Waals surface area contributed by atoms with Crippen molar-refractivity contribution in [3.63, 3.8) is 0 Å². The molecule has 3 aromatic carbocycles. The highest BCUT2D eigenvalue weighted by molar-refractivity contribution is 7.14. The zero-order valence-corrected chi connectivity index (χ0v) is 21.2. The summed E-state index contributed by atoms with van der Waals surface area (Å²) in [4.78, 5) is 30.9. The minimum absolute atomic E-state index is 0.188. The Labute approximate surface area is 220 Å². The molecular formula is C31H28N2O3S. The number of benzene rings is 3. The first-order chi connectivity index (χ1) is 18.1. The number of carbonyl (C=O) groups excluding carboxylic acids is 1. The molecule has 5 nitrogen and oxygen atoms in total. The van der Waals surface area contributed by atoms with Crippen molar-refractivity contribution in [3.8, 4) is 11.3 Å². The number of aliphatic carboxylic acids is 1. The Balaban J connectivity index is 1.29. The van der Waals surface area contributed by atoms with E-state index in [0.29, 0.717) is 5.13 Å². The van der Waals surface area contributed by atoms with E-state index >= 15 is 0 Å². The van der Waals surface area contributed by atoms with Crippen LogP contribution in [0, 0.1) is 11.8 Å². The van der Waals surface area contributed by atoms with Gasteiger partial charge in [0.05, 0.1) is 17.5 Å². The predicted octanol–water partition coefficient (Wildman–Crippen LogP) is 6.53. The van der Waals surface area contributed by atoms with E-state index in [4.69, 9.17) is 4.98 Å². The van der Waals surface area contributed by atoms with Crippen LogP contribution >= 0.6 is 11.3 Å². The molecule has 1 amide bonds. The van der Waals surface area contributed by atoms with Crippen molar-refractivity contribution in [1.29, 1.82) is 0 Å². The monoisotopic (exact) mass is 508 g/mol. The highest BCUT2D eigenvalue weighted by Crippen LogP contribution is 2.58. The van der Waals surface area contributed by atoms with Crippen molar-refractivity contribution in [2.75, 3.05) is 5.32 Å². The van der Waals surface area contributed by atoms with E-state index in [1.165, 1.54) is 35.3 Å². The Hall–Kier alpha value is -3.77. The topological polar surface area (TPSA) is 79.3 Å². The summed E-state index contributed by atoms with van der Waals surface area (Å²) in [5.74, 6) is -3.08. The van der Waals surface area contributed by atoms with Crippen molar-refractivity contribution in [2.45, 2.75) is 37.5 Å². The van der Waals surface area contributed by atoms with E-state index in [1.807, 2.05) is 66.0 Å². The molecule has 0 bridgehead atoms. The van der Waals surface area contributed by atoms with Gasteiger partial charge in [-0.1, -0.05) is 72.8 Å². The second-order valence-corrected chi connectivity index (χ2v) is 10.8. The number of thiazole rings is 1. The van der Waals surface area contributed by atoms with Gasteiger partial charge < -0.3 is 10.4 Å². The van der Waals surface area contributed by atoms with Gasteiger partial charge in [0.2, 0.25) is 5.91 Å². The number of nitrogens with zero attached hydrogens (tertiary/aromatic N) is 1. The average Bonchev–Trinajstić information content (AvgIpc) is 3.37. The van der Waals surface area contributed by atoms with Gasteiger partial charge in [-0.05, 0) is 54.0 Å². The number of hydrogen-bond donors (Lipinski definition) is 2. The van der Waals surface area contributed by atoms with Gasteiger partial charge in [0.15, 0.2) is 5.13 Å². The maximum absolute atomic E-state index is 13.7. The first-order valence-electron chi connectivity index (χ1n) is 12.8. The first kappa shape index (κ1) is 23.6. The first-order valence-corrected chi connectivity index (χ1v) is 13.7. The SMILES string of the molecule is O=C(O)C1[C@H](c2ccccc2)C(C(=O)Nc2nc(-c3ccc4c(c3)CCCC4)cs2)[C@H]1c1ccccc1. The molecule has 1 heterocycles. The van der Waals surface area contributed by atoms with Crippen LogP contribution in [0.25, 0.3) is 11.3 Å². The van der Waals surface area contributed by atoms with Crippen molar-refractivity contribution < 1.29 is 14.7 Å². The summed E-state index contributed by atoms with van der Waals surface area (Å²) in [5, 5.41) is 15.7. The molecule has 0 saturated heterocycles. The number of carboxylic acid groups (broad SMARTS) is 1. The Bertz CT molecular complexity index is 1390. The number of aryl methyl sites for hydroxylation is 2. The molecule has 2 N–H and O–H groups in total. The van der Waals surface area contributed by atoms with Gasteiger partial charge in [-0.2, -0.15) is 0 Å². The molecule has 0 spiro atoms. The lowest BCUT2D eigenvalue weighted by atomic mass is 9.52. The fourth-order valence-electron chi connectivity index (χ4n) is 6.11. The maximum Gasteiger partial charge on any atom is 0.307 e. The molecular weight excluding hydrogens is 480 g/mol. The van der Waals surface area contributed by atoms with Gasteiger partial charge in [0.1, 0.15) is 0 Å². The van der Waals surface area contributed by atoms with Crippen molar-refractivity contribution in [1.82, 2.24) is 4.98 Å². The third kappa shape index (κ3) is 4.46. The van der Waals surface area contributed by atoms with Gasteiger partial charge in [-0.25, -0.2) is 4.98 Å². The zero-order chi connectivity index (χ0) is 25.4. The van der Waals surface area contributed by atoms with Crippen LogP contribution in [-0.4, -0.2) is 22.0 Å². The maximum atomic E-state index is 13.7. The standard InChI is InChI=1S/C31H28N2O3S/c34-29(33-31-32-24(18-37-31)23-16-15-19-9-7-8-14-22(19)17-23)27-25(20-10-3-1-4-11-20)28(30(35)36)26(27)21-12-5-2-6-13-21/h1-6,10-13,15-18,25-28H,7-9,14H2,(H,35,36)(H,32,33,34)/t25-,26-,27?,28?/m1/s1. The molecule has 0 aliphatic heterocycles. The van der Waals surface area contributed by atoms with Gasteiger partial charge in [0.25, 0.3) is 0 Å². The Kier molecular flexibility index (Phi) is 6.35. The number of aromatic nitrogens is 1. The average molecular weight is 509 g/mol. The van der Waals surface area contributed by atoms with Crippen molar-refractivity contribution >= 4 is 28.3 Å². The van der Waals surface area contributed by atoms with Gasteiger partial charge in [-0.3, -0.25) is 9.59 Å². The molecule has 2 aliphatic carbocycles. The third-order valence-corrected chi connectivity index (χ3v) is 8.64. The minimum Gasteiger partial charge on any atom is -0.481 e. The van der Waals surface area contributed by atoms with E-state index < -0.39 is 29.6 Å². The predicted molar refractivity (Wildman–Crippen MR) is 146 cm³/mol. The molecule has 1 aromatic heterocycles. The lowest BCUT2D eigenvalue weighted by Gasteiger charge is -2.49. The number of fused-ring (bicyclic) bond motifs is 1. The second kappa shape index (κ2) is 9.94. The normalized spacial score (nSPS) is 22.5. The number of carboxylic acids is 1.